The molecule has 0 saturated heterocycles. The third-order valence-corrected chi connectivity index (χ3v) is 7.31. The molecule has 166 valence electrons. The van der Waals surface area contributed by atoms with E-state index in [1.54, 1.807) is 0 Å². The van der Waals surface area contributed by atoms with Crippen molar-refractivity contribution in [1.29, 1.82) is 0 Å². The molecule has 0 bridgehead atoms. The summed E-state index contributed by atoms with van der Waals surface area (Å²) >= 11 is 0. The summed E-state index contributed by atoms with van der Waals surface area (Å²) in [6, 6.07) is 3.63. The van der Waals surface area contributed by atoms with E-state index in [0.717, 1.165) is 66.2 Å². The smallest absolute Gasteiger partial charge is 0.126 e. The van der Waals surface area contributed by atoms with Gasteiger partial charge in [-0.1, -0.05) is 40.5 Å². The molecule has 1 fully saturated rings. The summed E-state index contributed by atoms with van der Waals surface area (Å²) < 4.78 is 35.1. The highest BCUT2D eigenvalue weighted by Crippen LogP contribution is 2.59. The Morgan fingerprint density at radius 3 is 2.32 bits per heavy atom. The summed E-state index contributed by atoms with van der Waals surface area (Å²) in [5, 5.41) is 11.3. The van der Waals surface area contributed by atoms with Gasteiger partial charge in [-0.3, -0.25) is 4.98 Å². The number of aromatic nitrogens is 1. The van der Waals surface area contributed by atoms with Crippen LogP contribution in [0.1, 0.15) is 112 Å². The number of ether oxygens (including phenoxy) is 1. The quantitative estimate of drug-likeness (QED) is 0.605. The van der Waals surface area contributed by atoms with Gasteiger partial charge in [0.05, 0.1) is 11.7 Å². The van der Waals surface area contributed by atoms with Crippen molar-refractivity contribution in [2.24, 2.45) is 5.41 Å². The second kappa shape index (κ2) is 7.08. The van der Waals surface area contributed by atoms with Gasteiger partial charge in [-0.2, -0.15) is 0 Å². The van der Waals surface area contributed by atoms with Crippen LogP contribution in [0, 0.1) is 17.0 Å². The maximum Gasteiger partial charge on any atom is 0.126 e. The van der Waals surface area contributed by atoms with Gasteiger partial charge in [0.25, 0.3) is 0 Å². The van der Waals surface area contributed by atoms with Crippen LogP contribution >= 0.6 is 0 Å². The zero-order valence-corrected chi connectivity index (χ0v) is 18.8. The monoisotopic (exact) mass is 427 g/mol. The molecule has 1 aromatic carbocycles. The van der Waals surface area contributed by atoms with Gasteiger partial charge in [0.2, 0.25) is 0 Å². The van der Waals surface area contributed by atoms with Gasteiger partial charge in [0.15, 0.2) is 0 Å². The van der Waals surface area contributed by atoms with Crippen LogP contribution < -0.4 is 0 Å². The molecule has 1 saturated carbocycles. The molecule has 0 radical (unpaired) electrons. The van der Waals surface area contributed by atoms with E-state index in [-0.39, 0.29) is 11.3 Å². The van der Waals surface area contributed by atoms with Gasteiger partial charge in [0.1, 0.15) is 17.7 Å². The number of pyridine rings is 1. The third kappa shape index (κ3) is 3.32. The van der Waals surface area contributed by atoms with E-state index < -0.39 is 29.4 Å². The molecule has 3 nitrogen and oxygen atoms in total. The van der Waals surface area contributed by atoms with E-state index in [2.05, 4.69) is 27.7 Å². The molecule has 1 spiro atoms. The number of hydrogen-bond donors (Lipinski definition) is 1. The van der Waals surface area contributed by atoms with Crippen LogP contribution in [0.5, 0.6) is 0 Å². The molecule has 1 N–H and O–H groups in total. The Bertz CT molecular complexity index is 1020. The van der Waals surface area contributed by atoms with Crippen molar-refractivity contribution in [2.75, 3.05) is 0 Å². The summed E-state index contributed by atoms with van der Waals surface area (Å²) in [5.41, 5.74) is 4.74. The highest BCUT2D eigenvalue weighted by molar-refractivity contribution is 5.54. The molecule has 0 amide bonds. The average molecular weight is 428 g/mol. The molecular weight excluding hydrogens is 396 g/mol. The Hall–Kier alpha value is -1.85. The molecular formula is C26H31F2NO2. The van der Waals surface area contributed by atoms with Crippen LogP contribution in [0.15, 0.2) is 18.2 Å². The number of rotatable bonds is 2. The minimum atomic E-state index is -0.606. The number of halogens is 2. The van der Waals surface area contributed by atoms with Crippen LogP contribution in [0.3, 0.4) is 0 Å². The summed E-state index contributed by atoms with van der Waals surface area (Å²) in [5.74, 6) is -1.08. The fourth-order valence-electron chi connectivity index (χ4n) is 6.14. The molecule has 2 aliphatic carbocycles. The number of benzene rings is 1. The highest BCUT2D eigenvalue weighted by Gasteiger charge is 2.52. The fourth-order valence-corrected chi connectivity index (χ4v) is 6.14. The van der Waals surface area contributed by atoms with Crippen LogP contribution in [0.4, 0.5) is 8.78 Å². The lowest BCUT2D eigenvalue weighted by atomic mass is 9.70. The SMILES string of the molecule is CC(C)c1nc2c(c3c1[C@@H](c1cc(F)cc(F)c1)OC31CCCC1)C(O)CC(C)(C)C2. The van der Waals surface area contributed by atoms with Gasteiger partial charge in [0, 0.05) is 28.6 Å². The highest BCUT2D eigenvalue weighted by atomic mass is 19.1. The summed E-state index contributed by atoms with van der Waals surface area (Å²) in [4.78, 5) is 5.08. The Labute approximate surface area is 182 Å². The van der Waals surface area contributed by atoms with E-state index in [4.69, 9.17) is 9.72 Å². The number of aliphatic hydroxyl groups is 1. The third-order valence-electron chi connectivity index (χ3n) is 7.31. The second-order valence-corrected chi connectivity index (χ2v) is 10.8. The lowest BCUT2D eigenvalue weighted by Gasteiger charge is -2.38. The van der Waals surface area contributed by atoms with Gasteiger partial charge in [-0.25, -0.2) is 8.78 Å². The predicted octanol–water partition coefficient (Wildman–Crippen LogP) is 6.38. The normalized spacial score (nSPS) is 25.8. The average Bonchev–Trinajstić information content (AvgIpc) is 3.25. The van der Waals surface area contributed by atoms with Crippen molar-refractivity contribution in [1.82, 2.24) is 4.98 Å². The number of fused-ring (bicyclic) bond motifs is 4. The maximum absolute atomic E-state index is 14.2. The van der Waals surface area contributed by atoms with Crippen molar-refractivity contribution in [2.45, 2.75) is 89.9 Å². The summed E-state index contributed by atoms with van der Waals surface area (Å²) in [6.07, 6.45) is 4.10. The Morgan fingerprint density at radius 1 is 1.06 bits per heavy atom. The molecule has 2 heterocycles. The first-order chi connectivity index (χ1) is 14.6. The van der Waals surface area contributed by atoms with Crippen LogP contribution in [-0.4, -0.2) is 10.1 Å². The molecule has 1 aromatic heterocycles. The predicted molar refractivity (Wildman–Crippen MR) is 115 cm³/mol. The zero-order valence-electron chi connectivity index (χ0n) is 18.8. The van der Waals surface area contributed by atoms with Gasteiger partial charge in [-0.15, -0.1) is 0 Å². The van der Waals surface area contributed by atoms with Crippen molar-refractivity contribution in [3.8, 4) is 0 Å². The first-order valence-corrected chi connectivity index (χ1v) is 11.5. The van der Waals surface area contributed by atoms with Gasteiger partial charge >= 0.3 is 0 Å². The van der Waals surface area contributed by atoms with Gasteiger partial charge in [-0.05, 0) is 60.3 Å². The molecule has 3 aliphatic rings. The number of aliphatic hydroxyl groups excluding tert-OH is 1. The summed E-state index contributed by atoms with van der Waals surface area (Å²) in [6.45, 7) is 8.54. The molecule has 1 unspecified atom stereocenters. The van der Waals surface area contributed by atoms with E-state index in [9.17, 15) is 13.9 Å². The van der Waals surface area contributed by atoms with E-state index in [1.165, 1.54) is 12.1 Å². The zero-order chi connectivity index (χ0) is 22.1. The Morgan fingerprint density at radius 2 is 1.71 bits per heavy atom. The maximum atomic E-state index is 14.2. The Balaban J connectivity index is 1.81. The molecule has 2 atom stereocenters. The van der Waals surface area contributed by atoms with Crippen LogP contribution in [0.25, 0.3) is 0 Å². The fraction of sp³-hybridized carbons (Fsp3) is 0.577. The first-order valence-electron chi connectivity index (χ1n) is 11.5. The molecule has 1 aliphatic heterocycles. The lowest BCUT2D eigenvalue weighted by molar-refractivity contribution is -0.0582. The largest absolute Gasteiger partial charge is 0.388 e. The van der Waals surface area contributed by atoms with Crippen LogP contribution in [-0.2, 0) is 16.8 Å². The number of hydrogen-bond acceptors (Lipinski definition) is 3. The van der Waals surface area contributed by atoms with E-state index in [0.29, 0.717) is 12.0 Å². The van der Waals surface area contributed by atoms with E-state index in [1.807, 2.05) is 0 Å². The molecule has 5 rings (SSSR count). The van der Waals surface area contributed by atoms with Crippen LogP contribution in [0.2, 0.25) is 0 Å². The summed E-state index contributed by atoms with van der Waals surface area (Å²) in [7, 11) is 0. The lowest BCUT2D eigenvalue weighted by Crippen LogP contribution is -2.32. The topological polar surface area (TPSA) is 42.4 Å². The van der Waals surface area contributed by atoms with Crippen molar-refractivity contribution >= 4 is 0 Å². The minimum Gasteiger partial charge on any atom is -0.388 e. The van der Waals surface area contributed by atoms with E-state index >= 15 is 0 Å². The van der Waals surface area contributed by atoms with Crippen molar-refractivity contribution in [3.63, 3.8) is 0 Å². The van der Waals surface area contributed by atoms with Crippen molar-refractivity contribution in [3.05, 3.63) is 63.5 Å². The molecule has 2 aromatic rings. The van der Waals surface area contributed by atoms with Gasteiger partial charge < -0.3 is 9.84 Å². The Kier molecular flexibility index (Phi) is 4.80. The molecule has 31 heavy (non-hydrogen) atoms. The first kappa shape index (κ1) is 21.0. The number of nitrogens with zero attached hydrogens (tertiary/aromatic N) is 1. The standard InChI is InChI=1S/C26H31F2NO2/c1-14(2)23-21-22(20-18(29-23)12-25(3,4)13-19(20)30)26(7-5-6-8-26)31-24(21)15-9-16(27)11-17(28)10-15/h9-11,14,19,24,30H,5-8,12-13H2,1-4H3/t19?,24-/m1/s1. The second-order valence-electron chi connectivity index (χ2n) is 10.8. The molecule has 5 heteroatoms. The van der Waals surface area contributed by atoms with Crippen molar-refractivity contribution < 1.29 is 18.6 Å². The minimum absolute atomic E-state index is 0.0324.